The van der Waals surface area contributed by atoms with Crippen LogP contribution in [-0.4, -0.2) is 60.5 Å². The molecule has 1 aromatic carbocycles. The standard InChI is InChI=1S/C19H24ClN3O3S/c1-27(25,26)23-12-10-22(11-13-23)19(24)14-17(15-21-8-2-3-9-21)16-4-6-18(20)7-5-16/h2-9,17H,10-15H2,1H3/t17-/m1/s1. The van der Waals surface area contributed by atoms with Crippen LogP contribution in [0.1, 0.15) is 17.9 Å². The van der Waals surface area contributed by atoms with E-state index in [0.717, 1.165) is 5.56 Å². The highest BCUT2D eigenvalue weighted by molar-refractivity contribution is 7.88. The third-order valence-corrected chi connectivity index (χ3v) is 6.48. The number of amides is 1. The van der Waals surface area contributed by atoms with E-state index < -0.39 is 10.0 Å². The Hall–Kier alpha value is -1.83. The number of rotatable bonds is 6. The fraction of sp³-hybridized carbons (Fsp3) is 0.421. The summed E-state index contributed by atoms with van der Waals surface area (Å²) in [5.41, 5.74) is 1.07. The summed E-state index contributed by atoms with van der Waals surface area (Å²) >= 11 is 6.00. The lowest BCUT2D eigenvalue weighted by Gasteiger charge is -2.34. The Labute approximate surface area is 165 Å². The molecule has 6 nitrogen and oxygen atoms in total. The van der Waals surface area contributed by atoms with Crippen LogP contribution in [0.2, 0.25) is 5.02 Å². The molecule has 1 aliphatic rings. The molecular weight excluding hydrogens is 386 g/mol. The monoisotopic (exact) mass is 409 g/mol. The third kappa shape index (κ3) is 5.34. The Balaban J connectivity index is 1.68. The van der Waals surface area contributed by atoms with E-state index in [2.05, 4.69) is 4.57 Å². The molecule has 1 amide bonds. The minimum absolute atomic E-state index is 0.0232. The van der Waals surface area contributed by atoms with Gasteiger partial charge in [0.1, 0.15) is 0 Å². The Morgan fingerprint density at radius 3 is 2.22 bits per heavy atom. The molecule has 0 saturated carbocycles. The van der Waals surface area contributed by atoms with Crippen molar-refractivity contribution in [2.24, 2.45) is 0 Å². The van der Waals surface area contributed by atoms with Crippen LogP contribution >= 0.6 is 11.6 Å². The van der Waals surface area contributed by atoms with Crippen molar-refractivity contribution >= 4 is 27.5 Å². The number of aromatic nitrogens is 1. The molecule has 1 fully saturated rings. The van der Waals surface area contributed by atoms with Crippen molar-refractivity contribution in [3.05, 3.63) is 59.4 Å². The Bertz CT molecular complexity index is 858. The molecule has 0 bridgehead atoms. The van der Waals surface area contributed by atoms with Gasteiger partial charge < -0.3 is 9.47 Å². The average Bonchev–Trinajstić information content (AvgIpc) is 3.14. The molecule has 1 atom stereocenters. The van der Waals surface area contributed by atoms with Gasteiger partial charge in [0.15, 0.2) is 0 Å². The highest BCUT2D eigenvalue weighted by atomic mass is 35.5. The third-order valence-electron chi connectivity index (χ3n) is 4.92. The molecule has 1 aliphatic heterocycles. The van der Waals surface area contributed by atoms with Gasteiger partial charge >= 0.3 is 0 Å². The highest BCUT2D eigenvalue weighted by Crippen LogP contribution is 2.25. The zero-order valence-corrected chi connectivity index (χ0v) is 16.9. The summed E-state index contributed by atoms with van der Waals surface area (Å²) < 4.78 is 26.8. The Morgan fingerprint density at radius 2 is 1.67 bits per heavy atom. The lowest BCUT2D eigenvalue weighted by atomic mass is 9.94. The molecule has 0 radical (unpaired) electrons. The van der Waals surface area contributed by atoms with Gasteiger partial charge in [-0.1, -0.05) is 23.7 Å². The van der Waals surface area contributed by atoms with Crippen molar-refractivity contribution in [3.8, 4) is 0 Å². The molecule has 2 heterocycles. The van der Waals surface area contributed by atoms with Gasteiger partial charge in [-0.15, -0.1) is 0 Å². The van der Waals surface area contributed by atoms with Gasteiger partial charge in [-0.3, -0.25) is 4.79 Å². The fourth-order valence-electron chi connectivity index (χ4n) is 3.38. The minimum atomic E-state index is -3.20. The first kappa shape index (κ1) is 19.9. The van der Waals surface area contributed by atoms with Gasteiger partial charge in [-0.05, 0) is 29.8 Å². The Morgan fingerprint density at radius 1 is 1.07 bits per heavy atom. The van der Waals surface area contributed by atoms with E-state index >= 15 is 0 Å². The van der Waals surface area contributed by atoms with E-state index in [1.165, 1.54) is 10.6 Å². The van der Waals surface area contributed by atoms with Crippen molar-refractivity contribution in [2.75, 3.05) is 32.4 Å². The zero-order valence-electron chi connectivity index (χ0n) is 15.3. The maximum Gasteiger partial charge on any atom is 0.223 e. The van der Waals surface area contributed by atoms with Crippen molar-refractivity contribution in [3.63, 3.8) is 0 Å². The number of nitrogens with zero attached hydrogens (tertiary/aromatic N) is 3. The fourth-order valence-corrected chi connectivity index (χ4v) is 4.33. The summed E-state index contributed by atoms with van der Waals surface area (Å²) in [6.45, 7) is 2.27. The van der Waals surface area contributed by atoms with Crippen LogP contribution in [0.15, 0.2) is 48.8 Å². The molecule has 3 rings (SSSR count). The normalized spacial score (nSPS) is 17.0. The minimum Gasteiger partial charge on any atom is -0.354 e. The largest absolute Gasteiger partial charge is 0.354 e. The first-order chi connectivity index (χ1) is 12.8. The average molecular weight is 410 g/mol. The first-order valence-corrected chi connectivity index (χ1v) is 11.1. The second-order valence-corrected chi connectivity index (χ2v) is 9.29. The van der Waals surface area contributed by atoms with Gasteiger partial charge in [0.2, 0.25) is 15.9 Å². The number of hydrogen-bond donors (Lipinski definition) is 0. The van der Waals surface area contributed by atoms with Crippen LogP contribution in [-0.2, 0) is 21.4 Å². The van der Waals surface area contributed by atoms with Crippen molar-refractivity contribution in [2.45, 2.75) is 18.9 Å². The summed E-state index contributed by atoms with van der Waals surface area (Å²) in [6, 6.07) is 11.5. The first-order valence-electron chi connectivity index (χ1n) is 8.92. The van der Waals surface area contributed by atoms with Crippen LogP contribution in [0.4, 0.5) is 0 Å². The molecule has 1 saturated heterocycles. The van der Waals surface area contributed by atoms with E-state index in [0.29, 0.717) is 44.2 Å². The number of benzene rings is 1. The summed E-state index contributed by atoms with van der Waals surface area (Å²) in [4.78, 5) is 14.6. The van der Waals surface area contributed by atoms with E-state index in [1.54, 1.807) is 4.90 Å². The lowest BCUT2D eigenvalue weighted by molar-refractivity contribution is -0.132. The van der Waals surface area contributed by atoms with E-state index in [1.807, 2.05) is 48.8 Å². The number of sulfonamides is 1. The molecular formula is C19H24ClN3O3S. The maximum atomic E-state index is 12.9. The quantitative estimate of drug-likeness (QED) is 0.736. The van der Waals surface area contributed by atoms with Crippen molar-refractivity contribution in [1.82, 2.24) is 13.8 Å². The van der Waals surface area contributed by atoms with Crippen LogP contribution in [0, 0.1) is 0 Å². The molecule has 146 valence electrons. The Kier molecular flexibility index (Phi) is 6.24. The summed E-state index contributed by atoms with van der Waals surface area (Å²) in [5.74, 6) is 0.0744. The summed E-state index contributed by atoms with van der Waals surface area (Å²) in [5, 5.41) is 0.668. The smallest absolute Gasteiger partial charge is 0.223 e. The van der Waals surface area contributed by atoms with Crippen molar-refractivity contribution < 1.29 is 13.2 Å². The second kappa shape index (κ2) is 8.46. The van der Waals surface area contributed by atoms with Gasteiger partial charge in [0.25, 0.3) is 0 Å². The molecule has 2 aromatic rings. The maximum absolute atomic E-state index is 12.9. The highest BCUT2D eigenvalue weighted by Gasteiger charge is 2.27. The molecule has 27 heavy (non-hydrogen) atoms. The molecule has 0 unspecified atom stereocenters. The lowest BCUT2D eigenvalue weighted by Crippen LogP contribution is -2.50. The van der Waals surface area contributed by atoms with Gasteiger partial charge in [-0.25, -0.2) is 8.42 Å². The molecule has 1 aromatic heterocycles. The van der Waals surface area contributed by atoms with Gasteiger partial charge in [-0.2, -0.15) is 4.31 Å². The van der Waals surface area contributed by atoms with E-state index in [4.69, 9.17) is 11.6 Å². The van der Waals surface area contributed by atoms with E-state index in [9.17, 15) is 13.2 Å². The van der Waals surface area contributed by atoms with Crippen LogP contribution < -0.4 is 0 Å². The number of carbonyl (C=O) groups excluding carboxylic acids is 1. The molecule has 0 aliphatic carbocycles. The van der Waals surface area contributed by atoms with Crippen LogP contribution in [0.5, 0.6) is 0 Å². The molecule has 0 N–H and O–H groups in total. The predicted molar refractivity (Wildman–Crippen MR) is 106 cm³/mol. The number of piperazine rings is 1. The SMILES string of the molecule is CS(=O)(=O)N1CCN(C(=O)C[C@H](Cn2cccc2)c2ccc(Cl)cc2)CC1. The van der Waals surface area contributed by atoms with Gasteiger partial charge in [0, 0.05) is 62.5 Å². The van der Waals surface area contributed by atoms with Crippen LogP contribution in [0.3, 0.4) is 0 Å². The van der Waals surface area contributed by atoms with Crippen LogP contribution in [0.25, 0.3) is 0 Å². The number of halogens is 1. The van der Waals surface area contributed by atoms with Gasteiger partial charge in [0.05, 0.1) is 6.26 Å². The molecule has 0 spiro atoms. The predicted octanol–water partition coefficient (Wildman–Crippen LogP) is 2.42. The van der Waals surface area contributed by atoms with E-state index in [-0.39, 0.29) is 11.8 Å². The zero-order chi connectivity index (χ0) is 19.4. The summed E-state index contributed by atoms with van der Waals surface area (Å²) in [7, 11) is -3.20. The number of hydrogen-bond acceptors (Lipinski definition) is 3. The number of carbonyl (C=O) groups is 1. The second-order valence-electron chi connectivity index (χ2n) is 6.88. The topological polar surface area (TPSA) is 62.6 Å². The summed E-state index contributed by atoms with van der Waals surface area (Å²) in [6.07, 6.45) is 5.55. The van der Waals surface area contributed by atoms with Crippen molar-refractivity contribution in [1.29, 1.82) is 0 Å². The molecule has 8 heteroatoms.